The van der Waals surface area contributed by atoms with Crippen molar-refractivity contribution >= 4 is 21.6 Å². The summed E-state index contributed by atoms with van der Waals surface area (Å²) in [6.45, 7) is 1.99. The SMILES string of the molecule is C[C@@H](NC(=O)Nc1ccc2c(c1)OCO2)c1ccc(S(C)(=O)=O)cc1. The Balaban J connectivity index is 1.62. The van der Waals surface area contributed by atoms with Gasteiger partial charge in [0.25, 0.3) is 0 Å². The van der Waals surface area contributed by atoms with Crippen molar-refractivity contribution in [1.29, 1.82) is 0 Å². The highest BCUT2D eigenvalue weighted by molar-refractivity contribution is 7.90. The summed E-state index contributed by atoms with van der Waals surface area (Å²) in [7, 11) is -3.24. The van der Waals surface area contributed by atoms with Gasteiger partial charge in [0.05, 0.1) is 10.9 Å². The van der Waals surface area contributed by atoms with Gasteiger partial charge in [0.2, 0.25) is 6.79 Å². The van der Waals surface area contributed by atoms with E-state index in [4.69, 9.17) is 9.47 Å². The van der Waals surface area contributed by atoms with Crippen LogP contribution in [0.3, 0.4) is 0 Å². The van der Waals surface area contributed by atoms with Crippen molar-refractivity contribution < 1.29 is 22.7 Å². The van der Waals surface area contributed by atoms with Crippen LogP contribution >= 0.6 is 0 Å². The molecule has 0 spiro atoms. The van der Waals surface area contributed by atoms with Crippen molar-refractivity contribution in [2.24, 2.45) is 0 Å². The fourth-order valence-electron chi connectivity index (χ4n) is 2.43. The Morgan fingerprint density at radius 1 is 1.08 bits per heavy atom. The second kappa shape index (κ2) is 6.64. The third kappa shape index (κ3) is 4.03. The van der Waals surface area contributed by atoms with Crippen LogP contribution in [0.25, 0.3) is 0 Å². The number of carbonyl (C=O) groups excluding carboxylic acids is 1. The number of fused-ring (bicyclic) bond motifs is 1. The highest BCUT2D eigenvalue weighted by Gasteiger charge is 2.15. The zero-order valence-electron chi connectivity index (χ0n) is 13.8. The summed E-state index contributed by atoms with van der Waals surface area (Å²) in [4.78, 5) is 12.4. The fraction of sp³-hybridized carbons (Fsp3) is 0.235. The summed E-state index contributed by atoms with van der Waals surface area (Å²) in [5, 5.41) is 5.53. The van der Waals surface area contributed by atoms with E-state index in [1.807, 2.05) is 6.92 Å². The zero-order valence-corrected chi connectivity index (χ0v) is 14.6. The molecule has 0 saturated carbocycles. The number of urea groups is 1. The van der Waals surface area contributed by atoms with Crippen LogP contribution in [0.4, 0.5) is 10.5 Å². The van der Waals surface area contributed by atoms with Gasteiger partial charge < -0.3 is 20.1 Å². The van der Waals surface area contributed by atoms with Crippen LogP contribution < -0.4 is 20.1 Å². The minimum atomic E-state index is -3.24. The molecule has 1 aliphatic rings. The lowest BCUT2D eigenvalue weighted by atomic mass is 10.1. The first kappa shape index (κ1) is 17.1. The second-order valence-corrected chi connectivity index (χ2v) is 7.75. The topological polar surface area (TPSA) is 93.7 Å². The molecule has 0 saturated heterocycles. The zero-order chi connectivity index (χ0) is 18.0. The monoisotopic (exact) mass is 362 g/mol. The van der Waals surface area contributed by atoms with Gasteiger partial charge in [-0.05, 0) is 36.8 Å². The average molecular weight is 362 g/mol. The first-order valence-electron chi connectivity index (χ1n) is 7.60. The number of nitrogens with one attached hydrogen (secondary N) is 2. The molecule has 1 heterocycles. The quantitative estimate of drug-likeness (QED) is 0.872. The highest BCUT2D eigenvalue weighted by Crippen LogP contribution is 2.34. The Morgan fingerprint density at radius 3 is 2.44 bits per heavy atom. The molecule has 132 valence electrons. The average Bonchev–Trinajstić information content (AvgIpc) is 3.01. The molecule has 0 aromatic heterocycles. The van der Waals surface area contributed by atoms with Crippen LogP contribution in [-0.2, 0) is 9.84 Å². The molecule has 0 aliphatic carbocycles. The van der Waals surface area contributed by atoms with E-state index in [1.165, 1.54) is 12.1 Å². The molecule has 0 unspecified atom stereocenters. The van der Waals surface area contributed by atoms with E-state index in [1.54, 1.807) is 30.3 Å². The lowest BCUT2D eigenvalue weighted by Gasteiger charge is -2.15. The fourth-order valence-corrected chi connectivity index (χ4v) is 3.06. The van der Waals surface area contributed by atoms with Gasteiger partial charge in [0.15, 0.2) is 21.3 Å². The number of rotatable bonds is 4. The Hall–Kier alpha value is -2.74. The Kier molecular flexibility index (Phi) is 4.54. The van der Waals surface area contributed by atoms with Gasteiger partial charge in [0.1, 0.15) is 0 Å². The minimum Gasteiger partial charge on any atom is -0.454 e. The summed E-state index contributed by atoms with van der Waals surface area (Å²) in [6, 6.07) is 10.9. The number of sulfone groups is 1. The van der Waals surface area contributed by atoms with Gasteiger partial charge in [-0.15, -0.1) is 0 Å². The predicted molar refractivity (Wildman–Crippen MR) is 92.7 cm³/mol. The maximum absolute atomic E-state index is 12.1. The lowest BCUT2D eigenvalue weighted by molar-refractivity contribution is 0.174. The highest BCUT2D eigenvalue weighted by atomic mass is 32.2. The summed E-state index contributed by atoms with van der Waals surface area (Å²) in [6.07, 6.45) is 1.16. The van der Waals surface area contributed by atoms with Crippen molar-refractivity contribution in [2.45, 2.75) is 17.9 Å². The molecule has 2 aromatic rings. The van der Waals surface area contributed by atoms with E-state index in [-0.39, 0.29) is 23.8 Å². The molecule has 3 rings (SSSR count). The standard InChI is InChI=1S/C17H18N2O5S/c1-11(12-3-6-14(7-4-12)25(2,21)22)18-17(20)19-13-5-8-15-16(9-13)24-10-23-15/h3-9,11H,10H2,1-2H3,(H2,18,19,20)/t11-/m1/s1. The van der Waals surface area contributed by atoms with E-state index in [0.717, 1.165) is 11.8 Å². The van der Waals surface area contributed by atoms with E-state index < -0.39 is 9.84 Å². The van der Waals surface area contributed by atoms with Crippen molar-refractivity contribution in [2.75, 3.05) is 18.4 Å². The van der Waals surface area contributed by atoms with Crippen molar-refractivity contribution in [3.8, 4) is 11.5 Å². The van der Waals surface area contributed by atoms with Crippen LogP contribution in [0.2, 0.25) is 0 Å². The smallest absolute Gasteiger partial charge is 0.319 e. The van der Waals surface area contributed by atoms with Crippen LogP contribution in [0.5, 0.6) is 11.5 Å². The number of hydrogen-bond donors (Lipinski definition) is 2. The molecule has 1 aliphatic heterocycles. The lowest BCUT2D eigenvalue weighted by Crippen LogP contribution is -2.31. The molecule has 0 fully saturated rings. The molecule has 1 atom stereocenters. The molecular weight excluding hydrogens is 344 g/mol. The van der Waals surface area contributed by atoms with Gasteiger partial charge in [-0.25, -0.2) is 13.2 Å². The number of anilines is 1. The van der Waals surface area contributed by atoms with E-state index in [0.29, 0.717) is 17.2 Å². The molecule has 0 radical (unpaired) electrons. The normalized spacial score (nSPS) is 14.0. The largest absolute Gasteiger partial charge is 0.454 e. The van der Waals surface area contributed by atoms with Gasteiger partial charge in [-0.2, -0.15) is 0 Å². The van der Waals surface area contributed by atoms with Crippen LogP contribution in [-0.4, -0.2) is 27.5 Å². The van der Waals surface area contributed by atoms with Crippen LogP contribution in [0, 0.1) is 0 Å². The summed E-state index contributed by atoms with van der Waals surface area (Å²) < 4.78 is 33.4. The van der Waals surface area contributed by atoms with E-state index >= 15 is 0 Å². The summed E-state index contributed by atoms with van der Waals surface area (Å²) in [5.74, 6) is 1.23. The third-order valence-corrected chi connectivity index (χ3v) is 4.91. The predicted octanol–water partition coefficient (Wildman–Crippen LogP) is 2.70. The number of amides is 2. The number of ether oxygens (including phenoxy) is 2. The molecule has 8 heteroatoms. The molecule has 7 nitrogen and oxygen atoms in total. The first-order valence-corrected chi connectivity index (χ1v) is 9.49. The summed E-state index contributed by atoms with van der Waals surface area (Å²) >= 11 is 0. The number of carbonyl (C=O) groups is 1. The van der Waals surface area contributed by atoms with Crippen LogP contribution in [0.15, 0.2) is 47.4 Å². The Bertz CT molecular complexity index is 894. The van der Waals surface area contributed by atoms with Gasteiger partial charge in [-0.1, -0.05) is 12.1 Å². The van der Waals surface area contributed by atoms with Crippen molar-refractivity contribution in [1.82, 2.24) is 5.32 Å². The molecule has 0 bridgehead atoms. The van der Waals surface area contributed by atoms with Crippen molar-refractivity contribution in [3.63, 3.8) is 0 Å². The molecule has 2 N–H and O–H groups in total. The second-order valence-electron chi connectivity index (χ2n) is 5.73. The van der Waals surface area contributed by atoms with E-state index in [9.17, 15) is 13.2 Å². The molecular formula is C17H18N2O5S. The molecule has 2 amide bonds. The Morgan fingerprint density at radius 2 is 1.76 bits per heavy atom. The Labute approximate surface area is 145 Å². The molecule has 2 aromatic carbocycles. The van der Waals surface area contributed by atoms with Gasteiger partial charge in [-0.3, -0.25) is 0 Å². The van der Waals surface area contributed by atoms with Crippen molar-refractivity contribution in [3.05, 3.63) is 48.0 Å². The first-order chi connectivity index (χ1) is 11.8. The van der Waals surface area contributed by atoms with Gasteiger partial charge >= 0.3 is 6.03 Å². The number of hydrogen-bond acceptors (Lipinski definition) is 5. The van der Waals surface area contributed by atoms with E-state index in [2.05, 4.69) is 10.6 Å². The third-order valence-electron chi connectivity index (χ3n) is 3.79. The number of benzene rings is 2. The van der Waals surface area contributed by atoms with Crippen LogP contribution in [0.1, 0.15) is 18.5 Å². The maximum atomic E-state index is 12.1. The summed E-state index contributed by atoms with van der Waals surface area (Å²) in [5.41, 5.74) is 1.38. The molecule has 25 heavy (non-hydrogen) atoms. The maximum Gasteiger partial charge on any atom is 0.319 e. The minimum absolute atomic E-state index is 0.172. The van der Waals surface area contributed by atoms with Gasteiger partial charge in [0, 0.05) is 18.0 Å².